The van der Waals surface area contributed by atoms with Crippen LogP contribution in [0.2, 0.25) is 0 Å². The number of carbonyl (C=O) groups is 1. The lowest BCUT2D eigenvalue weighted by Gasteiger charge is -2.13. The lowest BCUT2D eigenvalue weighted by Crippen LogP contribution is -2.24. The van der Waals surface area contributed by atoms with Gasteiger partial charge >= 0.3 is 0 Å². The van der Waals surface area contributed by atoms with Crippen LogP contribution in [0.15, 0.2) is 41.3 Å². The molecule has 0 aliphatic carbocycles. The first-order valence-electron chi connectivity index (χ1n) is 9.31. The Labute approximate surface area is 175 Å². The number of aromatic nitrogens is 2. The quantitative estimate of drug-likeness (QED) is 0.275. The van der Waals surface area contributed by atoms with E-state index < -0.39 is 58.5 Å². The minimum atomic E-state index is -2.34. The molecule has 0 atom stereocenters. The average molecular weight is 453 g/mol. The second-order valence-electron chi connectivity index (χ2n) is 6.95. The lowest BCUT2D eigenvalue weighted by molar-refractivity contribution is -0.116. The molecule has 0 saturated carbocycles. The van der Waals surface area contributed by atoms with E-state index in [2.05, 4.69) is 0 Å². The van der Waals surface area contributed by atoms with E-state index in [1.807, 2.05) is 0 Å². The van der Waals surface area contributed by atoms with Crippen molar-refractivity contribution in [1.82, 2.24) is 8.97 Å². The van der Waals surface area contributed by atoms with Gasteiger partial charge in [0.15, 0.2) is 23.3 Å². The summed E-state index contributed by atoms with van der Waals surface area (Å²) < 4.78 is 83.7. The molecule has 2 heterocycles. The first-order chi connectivity index (χ1) is 15.2. The Hall–Kier alpha value is -3.76. The molecule has 0 saturated heterocycles. The molecule has 4 aromatic rings. The van der Waals surface area contributed by atoms with Crippen molar-refractivity contribution in [1.29, 1.82) is 0 Å². The highest BCUT2D eigenvalue weighted by atomic mass is 19.2. The molecule has 2 aromatic carbocycles. The number of rotatable bonds is 5. The minimum Gasteiger partial charge on any atom is -0.321 e. The van der Waals surface area contributed by atoms with E-state index in [0.29, 0.717) is 11.0 Å². The van der Waals surface area contributed by atoms with Gasteiger partial charge in [-0.1, -0.05) is 0 Å². The number of carbonyl (C=O) groups excluding carboxylic acids is 1. The van der Waals surface area contributed by atoms with Gasteiger partial charge < -0.3 is 14.3 Å². The first kappa shape index (κ1) is 21.5. The third-order valence-electron chi connectivity index (χ3n) is 4.96. The summed E-state index contributed by atoms with van der Waals surface area (Å²) in [6, 6.07) is 7.08. The SMILES string of the molecule is O=C(CCCn1c(=O)c2cccn2c2ccc(F)cc21)Nc1c(F)c(F)c(F)c(F)c1F. The highest BCUT2D eigenvalue weighted by molar-refractivity contribution is 5.91. The number of nitrogens with one attached hydrogen (secondary N) is 1. The summed E-state index contributed by atoms with van der Waals surface area (Å²) in [4.78, 5) is 24.8. The highest BCUT2D eigenvalue weighted by Gasteiger charge is 2.26. The second kappa shape index (κ2) is 8.06. The van der Waals surface area contributed by atoms with Crippen molar-refractivity contribution in [3.05, 3.63) is 81.8 Å². The van der Waals surface area contributed by atoms with Gasteiger partial charge in [0, 0.05) is 19.2 Å². The molecule has 1 N–H and O–H groups in total. The van der Waals surface area contributed by atoms with Crippen LogP contribution in [0.5, 0.6) is 0 Å². The first-order valence-corrected chi connectivity index (χ1v) is 9.31. The largest absolute Gasteiger partial charge is 0.321 e. The number of hydrogen-bond donors (Lipinski definition) is 1. The van der Waals surface area contributed by atoms with E-state index in [4.69, 9.17) is 0 Å². The van der Waals surface area contributed by atoms with Gasteiger partial charge in [-0.25, -0.2) is 26.3 Å². The molecule has 11 heteroatoms. The van der Waals surface area contributed by atoms with Crippen molar-refractivity contribution in [3.8, 4) is 0 Å². The van der Waals surface area contributed by atoms with Crippen LogP contribution in [0, 0.1) is 34.9 Å². The maximum atomic E-state index is 13.8. The predicted molar refractivity (Wildman–Crippen MR) is 103 cm³/mol. The van der Waals surface area contributed by atoms with E-state index in [0.717, 1.165) is 6.07 Å². The molecule has 0 fully saturated rings. The van der Waals surface area contributed by atoms with Gasteiger partial charge in [0.1, 0.15) is 17.0 Å². The fourth-order valence-corrected chi connectivity index (χ4v) is 3.47. The zero-order valence-electron chi connectivity index (χ0n) is 16.1. The van der Waals surface area contributed by atoms with Gasteiger partial charge in [-0.15, -0.1) is 0 Å². The Kier molecular flexibility index (Phi) is 5.41. The number of halogens is 6. The van der Waals surface area contributed by atoms with E-state index in [1.165, 1.54) is 16.7 Å². The molecule has 0 bridgehead atoms. The van der Waals surface area contributed by atoms with Crippen molar-refractivity contribution in [2.45, 2.75) is 19.4 Å². The summed E-state index contributed by atoms with van der Waals surface area (Å²) in [5.74, 6) is -12.6. The van der Waals surface area contributed by atoms with E-state index >= 15 is 0 Å². The number of hydrogen-bond acceptors (Lipinski definition) is 2. The number of aryl methyl sites for hydroxylation is 1. The van der Waals surface area contributed by atoms with Crippen LogP contribution in [0.3, 0.4) is 0 Å². The maximum absolute atomic E-state index is 13.8. The molecule has 0 aliphatic rings. The third kappa shape index (κ3) is 3.49. The van der Waals surface area contributed by atoms with Gasteiger partial charge in [0.2, 0.25) is 11.7 Å². The Balaban J connectivity index is 1.57. The molecule has 0 unspecified atom stereocenters. The number of nitrogens with zero attached hydrogens (tertiary/aromatic N) is 2. The van der Waals surface area contributed by atoms with Crippen molar-refractivity contribution in [2.24, 2.45) is 0 Å². The summed E-state index contributed by atoms with van der Waals surface area (Å²) in [6.45, 7) is -0.0645. The van der Waals surface area contributed by atoms with Crippen LogP contribution in [-0.4, -0.2) is 14.9 Å². The van der Waals surface area contributed by atoms with Gasteiger partial charge in [-0.05, 0) is 36.8 Å². The van der Waals surface area contributed by atoms with Crippen LogP contribution >= 0.6 is 0 Å². The van der Waals surface area contributed by atoms with Gasteiger partial charge in [-0.2, -0.15) is 0 Å². The van der Waals surface area contributed by atoms with E-state index in [-0.39, 0.29) is 18.5 Å². The zero-order valence-corrected chi connectivity index (χ0v) is 16.1. The minimum absolute atomic E-state index is 0.0381. The molecule has 0 spiro atoms. The average Bonchev–Trinajstić information content (AvgIpc) is 3.26. The fourth-order valence-electron chi connectivity index (χ4n) is 3.47. The number of anilines is 1. The Morgan fingerprint density at radius 3 is 2.19 bits per heavy atom. The molecule has 5 nitrogen and oxygen atoms in total. The molecule has 166 valence electrons. The molecular formula is C21H13F6N3O2. The van der Waals surface area contributed by atoms with Crippen LogP contribution in [0.25, 0.3) is 16.6 Å². The lowest BCUT2D eigenvalue weighted by atomic mass is 10.2. The van der Waals surface area contributed by atoms with E-state index in [9.17, 15) is 35.9 Å². The van der Waals surface area contributed by atoms with Gasteiger partial charge in [-0.3, -0.25) is 9.59 Å². The Morgan fingerprint density at radius 1 is 0.844 bits per heavy atom. The van der Waals surface area contributed by atoms with Crippen LogP contribution in [0.1, 0.15) is 12.8 Å². The van der Waals surface area contributed by atoms with E-state index in [1.54, 1.807) is 28.0 Å². The Morgan fingerprint density at radius 2 is 1.50 bits per heavy atom. The van der Waals surface area contributed by atoms with Gasteiger partial charge in [0.05, 0.1) is 11.0 Å². The molecule has 0 radical (unpaired) electrons. The molecule has 4 rings (SSSR count). The summed E-state index contributed by atoms with van der Waals surface area (Å²) >= 11 is 0. The van der Waals surface area contributed by atoms with Gasteiger partial charge in [0.25, 0.3) is 5.56 Å². The molecule has 32 heavy (non-hydrogen) atoms. The monoisotopic (exact) mass is 453 g/mol. The van der Waals surface area contributed by atoms with Crippen molar-refractivity contribution >= 4 is 28.1 Å². The van der Waals surface area contributed by atoms with Crippen molar-refractivity contribution < 1.29 is 31.1 Å². The standard InChI is InChI=1S/C21H13F6N3O2/c22-10-5-6-11-13(9-10)30(21(32)12-3-1-7-29(11)12)8-2-4-14(31)28-20-18(26)16(24)15(23)17(25)19(20)27/h1,3,5-7,9H,2,4,8H2,(H,28,31). The Bertz CT molecular complexity index is 1410. The number of amides is 1. The third-order valence-corrected chi connectivity index (χ3v) is 4.96. The van der Waals surface area contributed by atoms with Crippen molar-refractivity contribution in [3.63, 3.8) is 0 Å². The number of fused-ring (bicyclic) bond motifs is 3. The summed E-state index contributed by atoms with van der Waals surface area (Å²) in [5, 5.41) is 1.67. The second-order valence-corrected chi connectivity index (χ2v) is 6.95. The van der Waals surface area contributed by atoms with Crippen LogP contribution in [0.4, 0.5) is 32.0 Å². The normalized spacial score (nSPS) is 11.4. The van der Waals surface area contributed by atoms with Crippen molar-refractivity contribution in [2.75, 3.05) is 5.32 Å². The van der Waals surface area contributed by atoms with Crippen LogP contribution < -0.4 is 10.9 Å². The molecule has 2 aromatic heterocycles. The zero-order chi connectivity index (χ0) is 23.2. The number of benzene rings is 2. The topological polar surface area (TPSA) is 55.5 Å². The maximum Gasteiger partial charge on any atom is 0.275 e. The smallest absolute Gasteiger partial charge is 0.275 e. The van der Waals surface area contributed by atoms with Crippen LogP contribution in [-0.2, 0) is 11.3 Å². The summed E-state index contributed by atoms with van der Waals surface area (Å²) in [5.41, 5.74) is -0.787. The molecule has 0 aliphatic heterocycles. The highest BCUT2D eigenvalue weighted by Crippen LogP contribution is 2.27. The predicted octanol–water partition coefficient (Wildman–Crippen LogP) is 4.51. The molecular weight excluding hydrogens is 440 g/mol. The summed E-state index contributed by atoms with van der Waals surface area (Å²) in [7, 11) is 0. The molecule has 1 amide bonds. The fraction of sp³-hybridized carbons (Fsp3) is 0.143. The summed E-state index contributed by atoms with van der Waals surface area (Å²) in [6.07, 6.45) is 1.19.